The molecule has 1 aromatic rings. The van der Waals surface area contributed by atoms with Gasteiger partial charge in [-0.15, -0.1) is 0 Å². The topological polar surface area (TPSA) is 48.5 Å². The van der Waals surface area contributed by atoms with Crippen molar-refractivity contribution in [3.05, 3.63) is 16.7 Å². The number of anilines is 1. The summed E-state index contributed by atoms with van der Waals surface area (Å²) in [6.07, 6.45) is 11.1. The summed E-state index contributed by atoms with van der Waals surface area (Å²) in [6, 6.07) is 2.89. The van der Waals surface area contributed by atoms with Gasteiger partial charge < -0.3 is 15.1 Å². The van der Waals surface area contributed by atoms with Crippen molar-refractivity contribution in [1.82, 2.24) is 15.2 Å². The minimum absolute atomic E-state index is 0.343. The third kappa shape index (κ3) is 5.22. The van der Waals surface area contributed by atoms with Gasteiger partial charge >= 0.3 is 0 Å². The molecule has 1 N–H and O–H groups in total. The lowest BCUT2D eigenvalue weighted by Gasteiger charge is -2.32. The van der Waals surface area contributed by atoms with Crippen molar-refractivity contribution in [3.8, 4) is 0 Å². The van der Waals surface area contributed by atoms with E-state index in [-0.39, 0.29) is 0 Å². The zero-order valence-electron chi connectivity index (χ0n) is 16.5. The molecule has 3 aliphatic heterocycles. The van der Waals surface area contributed by atoms with Crippen molar-refractivity contribution in [3.63, 3.8) is 0 Å². The maximum Gasteiger partial charge on any atom is 0.222 e. The van der Waals surface area contributed by atoms with Crippen molar-refractivity contribution >= 4 is 39.3 Å². The molecule has 0 radical (unpaired) electrons. The van der Waals surface area contributed by atoms with E-state index in [9.17, 15) is 4.79 Å². The number of hydrogen-bond donors (Lipinski definition) is 1. The number of piperidine rings is 1. The fourth-order valence-electron chi connectivity index (χ4n) is 4.64. The number of halogens is 1. The largest absolute Gasteiger partial charge is 0.360 e. The zero-order valence-corrected chi connectivity index (χ0v) is 18.9. The zero-order chi connectivity index (χ0) is 19.3. The lowest BCUT2D eigenvalue weighted by Crippen LogP contribution is -2.39. The number of nitrogens with one attached hydrogen (secondary N) is 1. The summed E-state index contributed by atoms with van der Waals surface area (Å²) in [4.78, 5) is 21.5. The molecule has 1 aromatic heterocycles. The van der Waals surface area contributed by atoms with Gasteiger partial charge in [-0.1, -0.05) is 11.8 Å². The second kappa shape index (κ2) is 9.81. The second-order valence-electron chi connectivity index (χ2n) is 8.31. The molecule has 4 rings (SSSR count). The van der Waals surface area contributed by atoms with E-state index >= 15 is 0 Å². The van der Waals surface area contributed by atoms with E-state index in [1.807, 2.05) is 6.20 Å². The van der Waals surface area contributed by atoms with E-state index in [0.717, 1.165) is 53.4 Å². The average molecular weight is 467 g/mol. The van der Waals surface area contributed by atoms with Gasteiger partial charge in [-0.25, -0.2) is 4.98 Å². The van der Waals surface area contributed by atoms with Crippen molar-refractivity contribution in [2.45, 2.75) is 62.4 Å². The van der Waals surface area contributed by atoms with Gasteiger partial charge in [0.1, 0.15) is 5.03 Å². The molecule has 0 aliphatic carbocycles. The number of fused-ring (bicyclic) bond motifs is 1. The molecule has 0 aromatic carbocycles. The minimum atomic E-state index is 0.343. The molecule has 1 amide bonds. The van der Waals surface area contributed by atoms with Gasteiger partial charge in [0, 0.05) is 42.8 Å². The molecule has 3 aliphatic rings. The van der Waals surface area contributed by atoms with Gasteiger partial charge in [-0.2, -0.15) is 0 Å². The molecule has 0 saturated carbocycles. The first-order valence-corrected chi connectivity index (χ1v) is 12.5. The number of aromatic nitrogens is 1. The molecular weight excluding hydrogens is 436 g/mol. The summed E-state index contributed by atoms with van der Waals surface area (Å²) in [5, 5.41) is 4.70. The Morgan fingerprint density at radius 3 is 2.93 bits per heavy atom. The summed E-state index contributed by atoms with van der Waals surface area (Å²) >= 11 is 5.29. The summed E-state index contributed by atoms with van der Waals surface area (Å²) in [5.74, 6) is 2.10. The number of pyridine rings is 1. The Kier molecular flexibility index (Phi) is 7.17. The van der Waals surface area contributed by atoms with E-state index in [2.05, 4.69) is 42.1 Å². The van der Waals surface area contributed by atoms with Crippen LogP contribution < -0.4 is 10.2 Å². The predicted octanol–water partition coefficient (Wildman–Crippen LogP) is 4.26. The highest BCUT2D eigenvalue weighted by Gasteiger charge is 2.25. The lowest BCUT2D eigenvalue weighted by molar-refractivity contribution is -0.132. The van der Waals surface area contributed by atoms with E-state index in [4.69, 9.17) is 0 Å². The van der Waals surface area contributed by atoms with Gasteiger partial charge in [-0.3, -0.25) is 4.79 Å². The fourth-order valence-corrected chi connectivity index (χ4v) is 5.97. The number of hydrogen-bond acceptors (Lipinski definition) is 5. The SMILES string of the molecule is O=C(CCCN1CSc2ncc(Br)cc21)N1CCC(CCC2CCCN2)CC1. The Labute approximate surface area is 181 Å². The van der Waals surface area contributed by atoms with Gasteiger partial charge in [0.05, 0.1) is 11.6 Å². The smallest absolute Gasteiger partial charge is 0.222 e. The highest BCUT2D eigenvalue weighted by molar-refractivity contribution is 9.10. The van der Waals surface area contributed by atoms with Crippen LogP contribution in [0.4, 0.5) is 5.69 Å². The van der Waals surface area contributed by atoms with Crippen LogP contribution in [0.2, 0.25) is 0 Å². The third-order valence-electron chi connectivity index (χ3n) is 6.37. The van der Waals surface area contributed by atoms with Crippen LogP contribution in [0.5, 0.6) is 0 Å². The van der Waals surface area contributed by atoms with Crippen LogP contribution in [0.25, 0.3) is 0 Å². The first kappa shape index (κ1) is 20.5. The Morgan fingerprint density at radius 2 is 2.14 bits per heavy atom. The maximum atomic E-state index is 12.6. The Balaban J connectivity index is 1.14. The first-order chi connectivity index (χ1) is 13.7. The Hall–Kier alpha value is -0.790. The quantitative estimate of drug-likeness (QED) is 0.649. The number of rotatable bonds is 7. The van der Waals surface area contributed by atoms with E-state index in [1.54, 1.807) is 11.8 Å². The molecule has 1 unspecified atom stereocenters. The number of nitrogens with zero attached hydrogens (tertiary/aromatic N) is 3. The Bertz CT molecular complexity index is 674. The van der Waals surface area contributed by atoms with Crippen LogP contribution in [0.1, 0.15) is 51.4 Å². The molecule has 28 heavy (non-hydrogen) atoms. The molecule has 2 fully saturated rings. The Morgan fingerprint density at radius 1 is 1.29 bits per heavy atom. The molecule has 0 spiro atoms. The molecular formula is C21H31BrN4OS. The molecule has 0 bridgehead atoms. The van der Waals surface area contributed by atoms with Crippen molar-refractivity contribution in [2.24, 2.45) is 5.92 Å². The fraction of sp³-hybridized carbons (Fsp3) is 0.714. The molecule has 4 heterocycles. The third-order valence-corrected chi connectivity index (χ3v) is 7.83. The number of carbonyl (C=O) groups is 1. The molecule has 2 saturated heterocycles. The molecule has 1 atom stereocenters. The number of thioether (sulfide) groups is 1. The standard InChI is InChI=1S/C21H31BrN4OS/c22-17-13-19-21(24-14-17)28-15-26(19)10-2-4-20(27)25-11-7-16(8-12-25)5-6-18-3-1-9-23-18/h13-14,16,18,23H,1-12,15H2. The van der Waals surface area contributed by atoms with Crippen molar-refractivity contribution in [2.75, 3.05) is 37.0 Å². The normalized spacial score (nSPS) is 22.7. The molecule has 154 valence electrons. The lowest BCUT2D eigenvalue weighted by atomic mass is 9.90. The van der Waals surface area contributed by atoms with Crippen LogP contribution in [0, 0.1) is 5.92 Å². The number of likely N-dealkylation sites (tertiary alicyclic amines) is 1. The van der Waals surface area contributed by atoms with E-state index in [1.165, 1.54) is 50.8 Å². The number of amides is 1. The van der Waals surface area contributed by atoms with E-state index in [0.29, 0.717) is 12.3 Å². The van der Waals surface area contributed by atoms with Gasteiger partial charge in [0.15, 0.2) is 0 Å². The number of carbonyl (C=O) groups excluding carboxylic acids is 1. The monoisotopic (exact) mass is 466 g/mol. The van der Waals surface area contributed by atoms with Crippen LogP contribution in [0.15, 0.2) is 21.8 Å². The van der Waals surface area contributed by atoms with Crippen LogP contribution >= 0.6 is 27.7 Å². The second-order valence-corrected chi connectivity index (χ2v) is 10.2. The van der Waals surface area contributed by atoms with E-state index < -0.39 is 0 Å². The van der Waals surface area contributed by atoms with Gasteiger partial charge in [0.25, 0.3) is 0 Å². The van der Waals surface area contributed by atoms with Crippen LogP contribution in [0.3, 0.4) is 0 Å². The van der Waals surface area contributed by atoms with Gasteiger partial charge in [-0.05, 0) is 79.4 Å². The highest BCUT2D eigenvalue weighted by Crippen LogP contribution is 2.38. The first-order valence-electron chi connectivity index (χ1n) is 10.7. The molecule has 7 heteroatoms. The van der Waals surface area contributed by atoms with Gasteiger partial charge in [0.2, 0.25) is 5.91 Å². The summed E-state index contributed by atoms with van der Waals surface area (Å²) in [6.45, 7) is 4.05. The summed E-state index contributed by atoms with van der Waals surface area (Å²) in [7, 11) is 0. The summed E-state index contributed by atoms with van der Waals surface area (Å²) in [5.41, 5.74) is 1.20. The summed E-state index contributed by atoms with van der Waals surface area (Å²) < 4.78 is 1.02. The minimum Gasteiger partial charge on any atom is -0.360 e. The highest BCUT2D eigenvalue weighted by atomic mass is 79.9. The maximum absolute atomic E-state index is 12.6. The predicted molar refractivity (Wildman–Crippen MR) is 119 cm³/mol. The average Bonchev–Trinajstić information content (AvgIpc) is 3.37. The van der Waals surface area contributed by atoms with Crippen molar-refractivity contribution in [1.29, 1.82) is 0 Å². The van der Waals surface area contributed by atoms with Crippen LogP contribution in [-0.4, -0.2) is 53.9 Å². The van der Waals surface area contributed by atoms with Crippen molar-refractivity contribution < 1.29 is 4.79 Å². The van der Waals surface area contributed by atoms with Crippen LogP contribution in [-0.2, 0) is 4.79 Å². The molecule has 5 nitrogen and oxygen atoms in total.